The Hall–Kier alpha value is -1.05. The Morgan fingerprint density at radius 1 is 1.00 bits per heavy atom. The summed E-state index contributed by atoms with van der Waals surface area (Å²) in [6.45, 7) is 2.04. The fourth-order valence-corrected chi connectivity index (χ4v) is 1.59. The average Bonchev–Trinajstić information content (AvgIpc) is 2.35. The van der Waals surface area contributed by atoms with Crippen LogP contribution in [0, 0.1) is 0 Å². The van der Waals surface area contributed by atoms with Gasteiger partial charge in [-0.25, -0.2) is 0 Å². The van der Waals surface area contributed by atoms with Gasteiger partial charge in [0.1, 0.15) is 0 Å². The molecule has 0 saturated heterocycles. The Morgan fingerprint density at radius 2 is 1.71 bits per heavy atom. The third kappa shape index (κ3) is 12.9. The van der Waals surface area contributed by atoms with Crippen LogP contribution in [0.5, 0.6) is 0 Å². The van der Waals surface area contributed by atoms with E-state index in [0.717, 1.165) is 19.3 Å². The van der Waals surface area contributed by atoms with Crippen LogP contribution in [0.15, 0.2) is 24.3 Å². The third-order valence-electron chi connectivity index (χ3n) is 2.65. The molecule has 0 aromatic rings. The van der Waals surface area contributed by atoms with E-state index in [1.165, 1.54) is 32.8 Å². The molecule has 0 atom stereocenters. The number of methoxy groups -OCH3 is 1. The molecule has 0 saturated carbocycles. The highest BCUT2D eigenvalue weighted by atomic mass is 16.5. The molecule has 0 fully saturated rings. The fraction of sp³-hybridized carbons (Fsp3) is 0.667. The van der Waals surface area contributed by atoms with E-state index in [4.69, 9.17) is 0 Å². The van der Waals surface area contributed by atoms with Gasteiger partial charge in [-0.2, -0.15) is 0 Å². The number of unbranched alkanes of at least 4 members (excludes halogenated alkanes) is 5. The lowest BCUT2D eigenvalue weighted by molar-refractivity contribution is -0.140. The van der Waals surface area contributed by atoms with Crippen LogP contribution in [0.25, 0.3) is 0 Å². The van der Waals surface area contributed by atoms with E-state index >= 15 is 0 Å². The van der Waals surface area contributed by atoms with Gasteiger partial charge in [0, 0.05) is 6.42 Å². The highest BCUT2D eigenvalue weighted by Crippen LogP contribution is 2.08. The zero-order valence-corrected chi connectivity index (χ0v) is 11.3. The highest BCUT2D eigenvalue weighted by molar-refractivity contribution is 5.68. The third-order valence-corrected chi connectivity index (χ3v) is 2.65. The van der Waals surface area contributed by atoms with Gasteiger partial charge >= 0.3 is 5.97 Å². The SMILES string of the molecule is C/C=C/C/C=C\CCCCCCCC(=O)OC. The molecule has 2 nitrogen and oxygen atoms in total. The summed E-state index contributed by atoms with van der Waals surface area (Å²) in [4.78, 5) is 10.8. The van der Waals surface area contributed by atoms with E-state index in [9.17, 15) is 4.79 Å². The van der Waals surface area contributed by atoms with Crippen molar-refractivity contribution in [2.75, 3.05) is 7.11 Å². The summed E-state index contributed by atoms with van der Waals surface area (Å²) in [5.41, 5.74) is 0. The molecule has 0 aromatic carbocycles. The molecular weight excluding hydrogens is 212 g/mol. The molecule has 0 bridgehead atoms. The molecule has 98 valence electrons. The Morgan fingerprint density at radius 3 is 2.41 bits per heavy atom. The Kier molecular flexibility index (Phi) is 12.2. The van der Waals surface area contributed by atoms with Crippen molar-refractivity contribution in [2.45, 2.75) is 58.3 Å². The van der Waals surface area contributed by atoms with Gasteiger partial charge in [-0.05, 0) is 32.6 Å². The normalized spacial score (nSPS) is 11.4. The minimum Gasteiger partial charge on any atom is -0.469 e. The number of ether oxygens (including phenoxy) is 1. The summed E-state index contributed by atoms with van der Waals surface area (Å²) in [7, 11) is 1.45. The molecule has 0 spiro atoms. The first-order valence-corrected chi connectivity index (χ1v) is 6.64. The first kappa shape index (κ1) is 16.0. The van der Waals surface area contributed by atoms with Crippen molar-refractivity contribution in [1.82, 2.24) is 0 Å². The Labute approximate surface area is 106 Å². The number of rotatable bonds is 10. The number of allylic oxidation sites excluding steroid dienone is 4. The van der Waals surface area contributed by atoms with Gasteiger partial charge in [0.15, 0.2) is 0 Å². The number of hydrogen-bond acceptors (Lipinski definition) is 2. The lowest BCUT2D eigenvalue weighted by Gasteiger charge is -1.99. The van der Waals surface area contributed by atoms with E-state index in [1.54, 1.807) is 0 Å². The molecule has 0 aliphatic carbocycles. The van der Waals surface area contributed by atoms with Gasteiger partial charge in [-0.3, -0.25) is 4.79 Å². The summed E-state index contributed by atoms with van der Waals surface area (Å²) in [6.07, 6.45) is 17.3. The van der Waals surface area contributed by atoms with Crippen molar-refractivity contribution in [1.29, 1.82) is 0 Å². The predicted molar refractivity (Wildman–Crippen MR) is 72.9 cm³/mol. The van der Waals surface area contributed by atoms with Crippen LogP contribution < -0.4 is 0 Å². The van der Waals surface area contributed by atoms with Crippen molar-refractivity contribution < 1.29 is 9.53 Å². The second-order valence-corrected chi connectivity index (χ2v) is 4.16. The van der Waals surface area contributed by atoms with Crippen LogP contribution in [0.3, 0.4) is 0 Å². The summed E-state index contributed by atoms with van der Waals surface area (Å²) >= 11 is 0. The maximum atomic E-state index is 10.8. The average molecular weight is 238 g/mol. The first-order valence-electron chi connectivity index (χ1n) is 6.64. The second kappa shape index (κ2) is 13.0. The molecule has 0 aliphatic heterocycles. The molecule has 0 unspecified atom stereocenters. The van der Waals surface area contributed by atoms with E-state index in [-0.39, 0.29) is 5.97 Å². The Balaban J connectivity index is 3.13. The molecule has 0 rings (SSSR count). The zero-order chi connectivity index (χ0) is 12.8. The van der Waals surface area contributed by atoms with Crippen molar-refractivity contribution in [3.05, 3.63) is 24.3 Å². The maximum Gasteiger partial charge on any atom is 0.305 e. The molecule has 0 N–H and O–H groups in total. The van der Waals surface area contributed by atoms with E-state index < -0.39 is 0 Å². The molecule has 0 aliphatic rings. The second-order valence-electron chi connectivity index (χ2n) is 4.16. The van der Waals surface area contributed by atoms with Crippen molar-refractivity contribution in [2.24, 2.45) is 0 Å². The van der Waals surface area contributed by atoms with E-state index in [2.05, 4.69) is 29.0 Å². The van der Waals surface area contributed by atoms with E-state index in [1.807, 2.05) is 6.92 Å². The maximum absolute atomic E-state index is 10.8. The van der Waals surface area contributed by atoms with Gasteiger partial charge in [-0.15, -0.1) is 0 Å². The quantitative estimate of drug-likeness (QED) is 0.320. The largest absolute Gasteiger partial charge is 0.469 e. The van der Waals surface area contributed by atoms with Crippen molar-refractivity contribution >= 4 is 5.97 Å². The van der Waals surface area contributed by atoms with Crippen LogP contribution >= 0.6 is 0 Å². The van der Waals surface area contributed by atoms with Gasteiger partial charge in [0.25, 0.3) is 0 Å². The van der Waals surface area contributed by atoms with Gasteiger partial charge < -0.3 is 4.74 Å². The minimum absolute atomic E-state index is 0.0862. The molecule has 0 radical (unpaired) electrons. The number of esters is 1. The van der Waals surface area contributed by atoms with Gasteiger partial charge in [0.05, 0.1) is 7.11 Å². The minimum atomic E-state index is -0.0862. The summed E-state index contributed by atoms with van der Waals surface area (Å²) in [5.74, 6) is -0.0862. The highest BCUT2D eigenvalue weighted by Gasteiger charge is 1.98. The van der Waals surface area contributed by atoms with Crippen LogP contribution in [-0.4, -0.2) is 13.1 Å². The fourth-order valence-electron chi connectivity index (χ4n) is 1.59. The number of carbonyl (C=O) groups is 1. The topological polar surface area (TPSA) is 26.3 Å². The lowest BCUT2D eigenvalue weighted by atomic mass is 10.1. The first-order chi connectivity index (χ1) is 8.31. The molecule has 17 heavy (non-hydrogen) atoms. The summed E-state index contributed by atoms with van der Waals surface area (Å²) in [5, 5.41) is 0. The number of carbonyl (C=O) groups excluding carboxylic acids is 1. The monoisotopic (exact) mass is 238 g/mol. The summed E-state index contributed by atoms with van der Waals surface area (Å²) in [6, 6.07) is 0. The molecule has 0 aromatic heterocycles. The van der Waals surface area contributed by atoms with Crippen LogP contribution in [0.4, 0.5) is 0 Å². The summed E-state index contributed by atoms with van der Waals surface area (Å²) < 4.78 is 4.59. The molecular formula is C15H26O2. The van der Waals surface area contributed by atoms with Gasteiger partial charge in [0.2, 0.25) is 0 Å². The van der Waals surface area contributed by atoms with Gasteiger partial charge in [-0.1, -0.05) is 43.6 Å². The molecule has 0 heterocycles. The lowest BCUT2D eigenvalue weighted by Crippen LogP contribution is -1.98. The number of hydrogen-bond donors (Lipinski definition) is 0. The Bertz CT molecular complexity index is 229. The molecule has 2 heteroatoms. The van der Waals surface area contributed by atoms with Crippen LogP contribution in [0.2, 0.25) is 0 Å². The zero-order valence-electron chi connectivity index (χ0n) is 11.3. The van der Waals surface area contributed by atoms with Crippen molar-refractivity contribution in [3.63, 3.8) is 0 Å². The predicted octanol–water partition coefficient (Wildman–Crippen LogP) is 4.41. The van der Waals surface area contributed by atoms with E-state index in [0.29, 0.717) is 6.42 Å². The van der Waals surface area contributed by atoms with Crippen LogP contribution in [0.1, 0.15) is 58.3 Å². The smallest absolute Gasteiger partial charge is 0.305 e. The van der Waals surface area contributed by atoms with Crippen LogP contribution in [-0.2, 0) is 9.53 Å². The standard InChI is InChI=1S/C15H26O2/c1-3-4-5-6-7-8-9-10-11-12-13-14-15(16)17-2/h3-4,6-7H,5,8-14H2,1-2H3/b4-3+,7-6-. The van der Waals surface area contributed by atoms with Crippen molar-refractivity contribution in [3.8, 4) is 0 Å². The molecule has 0 amide bonds.